The molecule has 2 aromatic carbocycles. The lowest BCUT2D eigenvalue weighted by atomic mass is 9.90. The number of nitrogens with zero attached hydrogens (tertiary/aromatic N) is 2. The molecule has 4 rings (SSSR count). The third kappa shape index (κ3) is 3.98. The number of para-hydroxylation sites is 1. The van der Waals surface area contributed by atoms with E-state index in [-0.39, 0.29) is 5.91 Å². The second kappa shape index (κ2) is 7.68. The lowest BCUT2D eigenvalue weighted by molar-refractivity contribution is 0.0989. The Morgan fingerprint density at radius 1 is 1.00 bits per heavy atom. The number of anilines is 1. The van der Waals surface area contributed by atoms with Crippen molar-refractivity contribution in [3.63, 3.8) is 0 Å². The van der Waals surface area contributed by atoms with Gasteiger partial charge in [-0.25, -0.2) is 12.7 Å². The van der Waals surface area contributed by atoms with E-state index in [0.717, 1.165) is 37.9 Å². The van der Waals surface area contributed by atoms with E-state index in [1.54, 1.807) is 4.31 Å². The molecular weight excluding hydrogens is 372 g/mol. The molecule has 2 aromatic rings. The van der Waals surface area contributed by atoms with Crippen molar-refractivity contribution in [1.82, 2.24) is 4.31 Å². The molecular formula is C22H26N2O3S. The van der Waals surface area contributed by atoms with Gasteiger partial charge in [0.25, 0.3) is 5.91 Å². The highest BCUT2D eigenvalue weighted by molar-refractivity contribution is 7.88. The highest BCUT2D eigenvalue weighted by Crippen LogP contribution is 2.29. The van der Waals surface area contributed by atoms with Gasteiger partial charge in [-0.1, -0.05) is 30.3 Å². The number of carbonyl (C=O) groups excluding carboxylic acids is 1. The highest BCUT2D eigenvalue weighted by Gasteiger charge is 2.26. The molecule has 0 N–H and O–H groups in total. The van der Waals surface area contributed by atoms with Gasteiger partial charge in [-0.05, 0) is 60.9 Å². The second-order valence-electron chi connectivity index (χ2n) is 7.84. The van der Waals surface area contributed by atoms with Crippen LogP contribution < -0.4 is 4.90 Å². The Morgan fingerprint density at radius 2 is 1.68 bits per heavy atom. The first-order chi connectivity index (χ1) is 13.4. The second-order valence-corrected chi connectivity index (χ2v) is 9.82. The van der Waals surface area contributed by atoms with E-state index in [1.807, 2.05) is 47.4 Å². The molecule has 0 aliphatic carbocycles. The van der Waals surface area contributed by atoms with Crippen LogP contribution >= 0.6 is 0 Å². The molecule has 28 heavy (non-hydrogen) atoms. The van der Waals surface area contributed by atoms with Gasteiger partial charge >= 0.3 is 0 Å². The zero-order chi connectivity index (χ0) is 19.7. The predicted molar refractivity (Wildman–Crippen MR) is 111 cm³/mol. The molecule has 0 radical (unpaired) electrons. The van der Waals surface area contributed by atoms with Crippen LogP contribution in [0.4, 0.5) is 5.69 Å². The van der Waals surface area contributed by atoms with Gasteiger partial charge < -0.3 is 4.90 Å². The fourth-order valence-electron chi connectivity index (χ4n) is 4.27. The van der Waals surface area contributed by atoms with Crippen LogP contribution in [0, 0.1) is 5.92 Å². The number of amides is 1. The maximum Gasteiger partial charge on any atom is 0.258 e. The first-order valence-electron chi connectivity index (χ1n) is 9.85. The van der Waals surface area contributed by atoms with E-state index < -0.39 is 10.0 Å². The summed E-state index contributed by atoms with van der Waals surface area (Å²) in [5.41, 5.74) is 4.17. The molecule has 0 bridgehead atoms. The molecule has 1 fully saturated rings. The Kier molecular flexibility index (Phi) is 5.25. The Labute approximate surface area is 167 Å². The maximum atomic E-state index is 12.9. The van der Waals surface area contributed by atoms with E-state index in [4.69, 9.17) is 0 Å². The molecule has 2 aliphatic rings. The molecule has 0 spiro atoms. The van der Waals surface area contributed by atoms with Crippen molar-refractivity contribution < 1.29 is 13.2 Å². The van der Waals surface area contributed by atoms with Crippen molar-refractivity contribution in [3.8, 4) is 0 Å². The summed E-state index contributed by atoms with van der Waals surface area (Å²) in [5.74, 6) is 0.544. The first kappa shape index (κ1) is 19.2. The summed E-state index contributed by atoms with van der Waals surface area (Å²) in [6, 6.07) is 16.0. The zero-order valence-corrected chi connectivity index (χ0v) is 17.0. The molecule has 6 heteroatoms. The van der Waals surface area contributed by atoms with E-state index in [9.17, 15) is 13.2 Å². The lowest BCUT2D eigenvalue weighted by Crippen LogP contribution is -2.38. The lowest BCUT2D eigenvalue weighted by Gasteiger charge is -2.30. The molecule has 2 aliphatic heterocycles. The van der Waals surface area contributed by atoms with Crippen molar-refractivity contribution in [2.45, 2.75) is 25.7 Å². The standard InChI is InChI=1S/C22H26N2O3S/c1-28(26,27)23-13-10-18(11-14-23)16-17-6-8-20(9-7-17)22(25)24-15-12-19-4-2-3-5-21(19)24/h2-9,18H,10-16H2,1H3. The molecule has 2 heterocycles. The minimum Gasteiger partial charge on any atom is -0.308 e. The number of piperidine rings is 1. The molecule has 0 atom stereocenters. The predicted octanol–water partition coefficient (Wildman–Crippen LogP) is 3.10. The molecule has 0 aromatic heterocycles. The number of benzene rings is 2. The molecule has 0 unspecified atom stereocenters. The third-order valence-corrected chi connectivity index (χ3v) is 7.20. The summed E-state index contributed by atoms with van der Waals surface area (Å²) in [6.07, 6.45) is 4.89. The fourth-order valence-corrected chi connectivity index (χ4v) is 5.14. The van der Waals surface area contributed by atoms with Crippen LogP contribution in [0.2, 0.25) is 0 Å². The van der Waals surface area contributed by atoms with Gasteiger partial charge in [-0.3, -0.25) is 4.79 Å². The SMILES string of the molecule is CS(=O)(=O)N1CCC(Cc2ccc(C(=O)N3CCc4ccccc43)cc2)CC1. The van der Waals surface area contributed by atoms with Crippen molar-refractivity contribution in [2.24, 2.45) is 5.92 Å². The quantitative estimate of drug-likeness (QED) is 0.795. The number of carbonyl (C=O) groups is 1. The molecule has 148 valence electrons. The largest absolute Gasteiger partial charge is 0.308 e. The van der Waals surface area contributed by atoms with Crippen molar-refractivity contribution >= 4 is 21.6 Å². The fraction of sp³-hybridized carbons (Fsp3) is 0.409. The van der Waals surface area contributed by atoms with Gasteiger partial charge in [0.15, 0.2) is 0 Å². The maximum absolute atomic E-state index is 12.9. The topological polar surface area (TPSA) is 57.7 Å². The van der Waals surface area contributed by atoms with Gasteiger partial charge in [-0.2, -0.15) is 0 Å². The number of hydrogen-bond acceptors (Lipinski definition) is 3. The van der Waals surface area contributed by atoms with Gasteiger partial charge in [0.2, 0.25) is 10.0 Å². The van der Waals surface area contributed by atoms with Gasteiger partial charge in [-0.15, -0.1) is 0 Å². The summed E-state index contributed by atoms with van der Waals surface area (Å²) >= 11 is 0. The van der Waals surface area contributed by atoms with Crippen molar-refractivity contribution in [2.75, 3.05) is 30.8 Å². The number of sulfonamides is 1. The van der Waals surface area contributed by atoms with Gasteiger partial charge in [0, 0.05) is 30.9 Å². The summed E-state index contributed by atoms with van der Waals surface area (Å²) in [5, 5.41) is 0. The normalized spacial score (nSPS) is 18.2. The Balaban J connectivity index is 1.38. The minimum absolute atomic E-state index is 0.0537. The molecule has 5 nitrogen and oxygen atoms in total. The Morgan fingerprint density at radius 3 is 2.36 bits per heavy atom. The van der Waals surface area contributed by atoms with Crippen molar-refractivity contribution in [1.29, 1.82) is 0 Å². The smallest absolute Gasteiger partial charge is 0.258 e. The van der Waals surface area contributed by atoms with E-state index in [0.29, 0.717) is 24.6 Å². The van der Waals surface area contributed by atoms with Crippen LogP contribution in [0.5, 0.6) is 0 Å². The third-order valence-electron chi connectivity index (χ3n) is 5.90. The summed E-state index contributed by atoms with van der Waals surface area (Å²) in [4.78, 5) is 14.8. The average Bonchev–Trinajstić information content (AvgIpc) is 3.12. The van der Waals surface area contributed by atoms with Gasteiger partial charge in [0.1, 0.15) is 0 Å². The van der Waals surface area contributed by atoms with Crippen LogP contribution in [0.15, 0.2) is 48.5 Å². The van der Waals surface area contributed by atoms with E-state index >= 15 is 0 Å². The monoisotopic (exact) mass is 398 g/mol. The van der Waals surface area contributed by atoms with Crippen molar-refractivity contribution in [3.05, 3.63) is 65.2 Å². The van der Waals surface area contributed by atoms with Crippen LogP contribution in [0.1, 0.15) is 34.3 Å². The summed E-state index contributed by atoms with van der Waals surface area (Å²) < 4.78 is 24.8. The van der Waals surface area contributed by atoms with Crippen LogP contribution in [-0.4, -0.2) is 44.5 Å². The number of fused-ring (bicyclic) bond motifs is 1. The zero-order valence-electron chi connectivity index (χ0n) is 16.2. The number of hydrogen-bond donors (Lipinski definition) is 0. The molecule has 1 saturated heterocycles. The average molecular weight is 399 g/mol. The summed E-state index contributed by atoms with van der Waals surface area (Å²) in [6.45, 7) is 1.95. The Bertz CT molecular complexity index is 962. The van der Waals surface area contributed by atoms with E-state index in [1.165, 1.54) is 17.4 Å². The molecule has 1 amide bonds. The summed E-state index contributed by atoms with van der Waals surface area (Å²) in [7, 11) is -3.08. The van der Waals surface area contributed by atoms with E-state index in [2.05, 4.69) is 6.07 Å². The molecule has 0 saturated carbocycles. The van der Waals surface area contributed by atoms with Crippen LogP contribution in [0.25, 0.3) is 0 Å². The minimum atomic E-state index is -3.08. The number of rotatable bonds is 4. The first-order valence-corrected chi connectivity index (χ1v) is 11.7. The highest BCUT2D eigenvalue weighted by atomic mass is 32.2. The van der Waals surface area contributed by atoms with Gasteiger partial charge in [0.05, 0.1) is 6.26 Å². The van der Waals surface area contributed by atoms with Crippen LogP contribution in [-0.2, 0) is 22.9 Å². The Hall–Kier alpha value is -2.18. The van der Waals surface area contributed by atoms with Crippen LogP contribution in [0.3, 0.4) is 0 Å².